The summed E-state index contributed by atoms with van der Waals surface area (Å²) < 4.78 is 28.2. The van der Waals surface area contributed by atoms with Crippen LogP contribution in [0.5, 0.6) is 0 Å². The molecule has 0 aliphatic heterocycles. The van der Waals surface area contributed by atoms with Gasteiger partial charge in [0.1, 0.15) is 5.69 Å². The van der Waals surface area contributed by atoms with Gasteiger partial charge in [0.25, 0.3) is 6.43 Å². The van der Waals surface area contributed by atoms with Crippen LogP contribution in [0.25, 0.3) is 0 Å². The number of halogens is 2. The first kappa shape index (κ1) is 14.4. The van der Waals surface area contributed by atoms with Crippen molar-refractivity contribution < 1.29 is 8.78 Å². The van der Waals surface area contributed by atoms with E-state index in [1.54, 1.807) is 10.9 Å². The Morgan fingerprint density at radius 1 is 1.37 bits per heavy atom. The second-order valence-corrected chi connectivity index (χ2v) is 5.27. The van der Waals surface area contributed by atoms with Gasteiger partial charge in [0.15, 0.2) is 0 Å². The van der Waals surface area contributed by atoms with Gasteiger partial charge in [-0.3, -0.25) is 4.68 Å². The Kier molecular flexibility index (Phi) is 5.31. The average Bonchev–Trinajstić information content (AvgIpc) is 2.84. The lowest BCUT2D eigenvalue weighted by molar-refractivity contribution is 0.131. The van der Waals surface area contributed by atoms with Crippen LogP contribution in [0.15, 0.2) is 6.20 Å². The smallest absolute Gasteiger partial charge is 0.280 e. The summed E-state index contributed by atoms with van der Waals surface area (Å²) in [5.41, 5.74) is 0.768. The van der Waals surface area contributed by atoms with E-state index in [4.69, 9.17) is 0 Å². The first-order valence-corrected chi connectivity index (χ1v) is 7.29. The van der Waals surface area contributed by atoms with Crippen LogP contribution in [-0.4, -0.2) is 16.3 Å². The quantitative estimate of drug-likeness (QED) is 0.797. The molecule has 1 aliphatic rings. The standard InChI is InChI=1S/C14H23F2N3/c1-2-8-17-9-11-10-18-19(13(11)14(15)16)12-6-4-3-5-7-12/h10,12,14,17H,2-9H2,1H3. The molecule has 0 saturated heterocycles. The van der Waals surface area contributed by atoms with E-state index in [1.165, 1.54) is 6.42 Å². The predicted octanol–water partition coefficient (Wildman–Crippen LogP) is 3.83. The minimum atomic E-state index is -2.44. The van der Waals surface area contributed by atoms with Crippen molar-refractivity contribution in [2.45, 2.75) is 64.5 Å². The van der Waals surface area contributed by atoms with Crippen molar-refractivity contribution in [1.29, 1.82) is 0 Å². The van der Waals surface area contributed by atoms with Gasteiger partial charge >= 0.3 is 0 Å². The molecule has 1 heterocycles. The van der Waals surface area contributed by atoms with Gasteiger partial charge in [-0.05, 0) is 25.8 Å². The van der Waals surface area contributed by atoms with Gasteiger partial charge in [-0.2, -0.15) is 5.10 Å². The predicted molar refractivity (Wildman–Crippen MR) is 71.3 cm³/mol. The summed E-state index contributed by atoms with van der Waals surface area (Å²) in [5.74, 6) is 0. The third-order valence-corrected chi connectivity index (χ3v) is 3.78. The van der Waals surface area contributed by atoms with Crippen LogP contribution in [0.2, 0.25) is 0 Å². The Hall–Kier alpha value is -0.970. The van der Waals surface area contributed by atoms with E-state index >= 15 is 0 Å². The van der Waals surface area contributed by atoms with E-state index in [2.05, 4.69) is 17.3 Å². The van der Waals surface area contributed by atoms with Gasteiger partial charge in [-0.1, -0.05) is 26.2 Å². The van der Waals surface area contributed by atoms with Crippen molar-refractivity contribution >= 4 is 0 Å². The Bertz CT molecular complexity index is 384. The van der Waals surface area contributed by atoms with Crippen molar-refractivity contribution in [3.05, 3.63) is 17.5 Å². The summed E-state index contributed by atoms with van der Waals surface area (Å²) in [6.45, 7) is 3.39. The van der Waals surface area contributed by atoms with Crippen molar-refractivity contribution in [2.24, 2.45) is 0 Å². The molecule has 1 aromatic rings. The van der Waals surface area contributed by atoms with Crippen molar-refractivity contribution in [1.82, 2.24) is 15.1 Å². The highest BCUT2D eigenvalue weighted by Crippen LogP contribution is 2.33. The van der Waals surface area contributed by atoms with Crippen LogP contribution in [0, 0.1) is 0 Å². The third-order valence-electron chi connectivity index (χ3n) is 3.78. The molecular weight excluding hydrogens is 248 g/mol. The Morgan fingerprint density at radius 2 is 2.11 bits per heavy atom. The highest BCUT2D eigenvalue weighted by molar-refractivity contribution is 5.19. The molecule has 1 N–H and O–H groups in total. The van der Waals surface area contributed by atoms with Crippen LogP contribution in [0.1, 0.15) is 69.2 Å². The molecule has 0 spiro atoms. The highest BCUT2D eigenvalue weighted by atomic mass is 19.3. The highest BCUT2D eigenvalue weighted by Gasteiger charge is 2.25. The van der Waals surface area contributed by atoms with Crippen molar-refractivity contribution in [3.63, 3.8) is 0 Å². The van der Waals surface area contributed by atoms with Crippen LogP contribution in [0.4, 0.5) is 8.78 Å². The van der Waals surface area contributed by atoms with E-state index in [0.717, 1.165) is 38.6 Å². The maximum atomic E-state index is 13.3. The molecule has 0 atom stereocenters. The fraction of sp³-hybridized carbons (Fsp3) is 0.786. The van der Waals surface area contributed by atoms with Crippen molar-refractivity contribution in [2.75, 3.05) is 6.54 Å². The minimum Gasteiger partial charge on any atom is -0.313 e. The van der Waals surface area contributed by atoms with E-state index in [-0.39, 0.29) is 11.7 Å². The Labute approximate surface area is 113 Å². The number of alkyl halides is 2. The molecule has 2 rings (SSSR count). The Morgan fingerprint density at radius 3 is 2.74 bits per heavy atom. The lowest BCUT2D eigenvalue weighted by Crippen LogP contribution is -2.19. The summed E-state index contributed by atoms with van der Waals surface area (Å²) >= 11 is 0. The van der Waals surface area contributed by atoms with Crippen LogP contribution < -0.4 is 5.32 Å². The normalized spacial score (nSPS) is 17.3. The SMILES string of the molecule is CCCNCc1cnn(C2CCCCC2)c1C(F)F. The van der Waals surface area contributed by atoms with Crippen LogP contribution >= 0.6 is 0 Å². The zero-order chi connectivity index (χ0) is 13.7. The zero-order valence-electron chi connectivity index (χ0n) is 11.5. The number of aromatic nitrogens is 2. The molecular formula is C14H23F2N3. The monoisotopic (exact) mass is 271 g/mol. The number of hydrogen-bond donors (Lipinski definition) is 1. The van der Waals surface area contributed by atoms with Gasteiger partial charge in [0.05, 0.1) is 12.2 Å². The largest absolute Gasteiger partial charge is 0.313 e. The summed E-state index contributed by atoms with van der Waals surface area (Å²) in [5, 5.41) is 7.41. The van der Waals surface area contributed by atoms with E-state index in [0.29, 0.717) is 12.1 Å². The molecule has 1 fully saturated rings. The van der Waals surface area contributed by atoms with Gasteiger partial charge in [0, 0.05) is 12.1 Å². The molecule has 1 aromatic heterocycles. The van der Waals surface area contributed by atoms with E-state index in [9.17, 15) is 8.78 Å². The molecule has 1 aliphatic carbocycles. The fourth-order valence-electron chi connectivity index (χ4n) is 2.80. The fourth-order valence-corrected chi connectivity index (χ4v) is 2.80. The average molecular weight is 271 g/mol. The zero-order valence-corrected chi connectivity index (χ0v) is 11.5. The molecule has 108 valence electrons. The summed E-state index contributed by atoms with van der Waals surface area (Å²) in [6, 6.07) is 0.165. The minimum absolute atomic E-state index is 0.121. The van der Waals surface area contributed by atoms with E-state index < -0.39 is 6.43 Å². The summed E-state index contributed by atoms with van der Waals surface area (Å²) in [4.78, 5) is 0. The maximum Gasteiger partial charge on any atom is 0.280 e. The molecule has 1 saturated carbocycles. The van der Waals surface area contributed by atoms with Gasteiger partial charge in [-0.25, -0.2) is 8.78 Å². The Balaban J connectivity index is 2.13. The second kappa shape index (κ2) is 6.98. The second-order valence-electron chi connectivity index (χ2n) is 5.27. The number of nitrogens with zero attached hydrogens (tertiary/aromatic N) is 2. The topological polar surface area (TPSA) is 29.9 Å². The molecule has 0 unspecified atom stereocenters. The molecule has 5 heteroatoms. The molecule has 0 radical (unpaired) electrons. The summed E-state index contributed by atoms with van der Waals surface area (Å²) in [6.07, 6.45) is 5.58. The van der Waals surface area contributed by atoms with Gasteiger partial charge in [-0.15, -0.1) is 0 Å². The first-order valence-electron chi connectivity index (χ1n) is 7.29. The molecule has 0 aromatic carbocycles. The van der Waals surface area contributed by atoms with E-state index in [1.807, 2.05) is 0 Å². The number of hydrogen-bond acceptors (Lipinski definition) is 2. The van der Waals surface area contributed by atoms with Crippen LogP contribution in [-0.2, 0) is 6.54 Å². The van der Waals surface area contributed by atoms with Gasteiger partial charge < -0.3 is 5.32 Å². The number of nitrogens with one attached hydrogen (secondary N) is 1. The number of rotatable bonds is 6. The molecule has 0 bridgehead atoms. The molecule has 19 heavy (non-hydrogen) atoms. The lowest BCUT2D eigenvalue weighted by atomic mass is 9.95. The van der Waals surface area contributed by atoms with Crippen molar-refractivity contribution in [3.8, 4) is 0 Å². The third kappa shape index (κ3) is 3.53. The molecule has 3 nitrogen and oxygen atoms in total. The lowest BCUT2D eigenvalue weighted by Gasteiger charge is -2.24. The first-order chi connectivity index (χ1) is 9.24. The van der Waals surface area contributed by atoms with Gasteiger partial charge in [0.2, 0.25) is 0 Å². The molecule has 0 amide bonds. The van der Waals surface area contributed by atoms with Crippen LogP contribution in [0.3, 0.4) is 0 Å². The maximum absolute atomic E-state index is 13.3. The summed E-state index contributed by atoms with van der Waals surface area (Å²) in [7, 11) is 0.